The molecule has 1 saturated heterocycles. The van der Waals surface area contributed by atoms with E-state index in [4.69, 9.17) is 9.26 Å². The second-order valence-electron chi connectivity index (χ2n) is 7.01. The minimum absolute atomic E-state index is 0.474. The molecule has 2 aliphatic rings. The number of hydrogen-bond acceptors (Lipinski definition) is 8. The molecule has 8 heteroatoms. The lowest BCUT2D eigenvalue weighted by atomic mass is 9.93. The van der Waals surface area contributed by atoms with Crippen molar-refractivity contribution in [3.63, 3.8) is 0 Å². The SMILES string of the molecule is COCCc1noc(CN(Cc2nccs2)C2CC23CCNCC3)n1. The van der Waals surface area contributed by atoms with Crippen LogP contribution in [-0.2, 0) is 24.2 Å². The number of ether oxygens (including phenoxy) is 1. The third-order valence-corrected chi connectivity index (χ3v) is 6.15. The number of nitrogens with one attached hydrogen (secondary N) is 1. The Morgan fingerprint density at radius 3 is 3.04 bits per heavy atom. The number of methoxy groups -OCH3 is 1. The maximum atomic E-state index is 5.48. The van der Waals surface area contributed by atoms with E-state index in [2.05, 4.69) is 25.3 Å². The van der Waals surface area contributed by atoms with E-state index in [-0.39, 0.29) is 0 Å². The Bertz CT molecular complexity index is 668. The van der Waals surface area contributed by atoms with Crippen LogP contribution >= 0.6 is 11.3 Å². The topological polar surface area (TPSA) is 76.3 Å². The van der Waals surface area contributed by atoms with Crippen molar-refractivity contribution in [2.45, 2.75) is 44.8 Å². The quantitative estimate of drug-likeness (QED) is 0.767. The maximum Gasteiger partial charge on any atom is 0.240 e. The van der Waals surface area contributed by atoms with E-state index in [0.29, 0.717) is 36.9 Å². The normalized spacial score (nSPS) is 21.9. The van der Waals surface area contributed by atoms with Crippen molar-refractivity contribution in [3.8, 4) is 0 Å². The van der Waals surface area contributed by atoms with Crippen LogP contribution in [-0.4, -0.2) is 52.9 Å². The van der Waals surface area contributed by atoms with Crippen molar-refractivity contribution in [1.29, 1.82) is 0 Å². The zero-order chi connectivity index (χ0) is 17.1. The Balaban J connectivity index is 1.45. The van der Waals surface area contributed by atoms with E-state index in [1.807, 2.05) is 11.6 Å². The molecule has 4 rings (SSSR count). The molecular weight excluding hydrogens is 338 g/mol. The molecule has 2 aromatic rings. The van der Waals surface area contributed by atoms with E-state index in [0.717, 1.165) is 30.5 Å². The van der Waals surface area contributed by atoms with Gasteiger partial charge in [0.25, 0.3) is 0 Å². The minimum Gasteiger partial charge on any atom is -0.384 e. The lowest BCUT2D eigenvalue weighted by Gasteiger charge is -2.28. The predicted octanol–water partition coefficient (Wildman–Crippen LogP) is 1.86. The number of thiazole rings is 1. The van der Waals surface area contributed by atoms with Crippen LogP contribution in [0.2, 0.25) is 0 Å². The number of rotatable bonds is 8. The molecule has 1 atom stereocenters. The largest absolute Gasteiger partial charge is 0.384 e. The van der Waals surface area contributed by atoms with Crippen molar-refractivity contribution in [2.24, 2.45) is 5.41 Å². The van der Waals surface area contributed by atoms with Gasteiger partial charge in [-0.3, -0.25) is 4.90 Å². The second kappa shape index (κ2) is 7.49. The number of nitrogens with zero attached hydrogens (tertiary/aromatic N) is 4. The van der Waals surface area contributed by atoms with Gasteiger partial charge < -0.3 is 14.6 Å². The highest BCUT2D eigenvalue weighted by Crippen LogP contribution is 2.56. The molecule has 0 radical (unpaired) electrons. The monoisotopic (exact) mass is 363 g/mol. The van der Waals surface area contributed by atoms with Crippen LogP contribution in [0, 0.1) is 5.41 Å². The summed E-state index contributed by atoms with van der Waals surface area (Å²) < 4.78 is 10.6. The fourth-order valence-electron chi connectivity index (χ4n) is 3.91. The van der Waals surface area contributed by atoms with Gasteiger partial charge in [0.1, 0.15) is 5.01 Å². The Morgan fingerprint density at radius 1 is 1.40 bits per heavy atom. The lowest BCUT2D eigenvalue weighted by molar-refractivity contribution is 0.167. The van der Waals surface area contributed by atoms with Gasteiger partial charge >= 0.3 is 0 Å². The van der Waals surface area contributed by atoms with E-state index >= 15 is 0 Å². The lowest BCUT2D eigenvalue weighted by Crippen LogP contribution is -2.35. The van der Waals surface area contributed by atoms with Crippen molar-refractivity contribution in [3.05, 3.63) is 28.3 Å². The third kappa shape index (κ3) is 3.92. The minimum atomic E-state index is 0.474. The first-order valence-corrected chi connectivity index (χ1v) is 9.81. The molecule has 3 heterocycles. The first-order valence-electron chi connectivity index (χ1n) is 8.93. The fourth-order valence-corrected chi connectivity index (χ4v) is 4.55. The molecule has 0 bridgehead atoms. The average Bonchev–Trinajstić information content (AvgIpc) is 3.00. The highest BCUT2D eigenvalue weighted by Gasteiger charge is 2.56. The second-order valence-corrected chi connectivity index (χ2v) is 7.99. The molecule has 25 heavy (non-hydrogen) atoms. The molecule has 7 nitrogen and oxygen atoms in total. The van der Waals surface area contributed by atoms with Gasteiger partial charge in [0.2, 0.25) is 5.89 Å². The summed E-state index contributed by atoms with van der Waals surface area (Å²) >= 11 is 1.71. The van der Waals surface area contributed by atoms with E-state index in [1.165, 1.54) is 19.3 Å². The smallest absolute Gasteiger partial charge is 0.240 e. The van der Waals surface area contributed by atoms with Crippen LogP contribution in [0.3, 0.4) is 0 Å². The number of aromatic nitrogens is 3. The number of piperidine rings is 1. The van der Waals surface area contributed by atoms with Gasteiger partial charge in [0.05, 0.1) is 19.7 Å². The molecule has 1 unspecified atom stereocenters. The molecule has 1 N–H and O–H groups in total. The highest BCUT2D eigenvalue weighted by molar-refractivity contribution is 7.09. The van der Waals surface area contributed by atoms with E-state index < -0.39 is 0 Å². The summed E-state index contributed by atoms with van der Waals surface area (Å²) in [5, 5.41) is 10.7. The molecular formula is C17H25N5O2S. The van der Waals surface area contributed by atoms with Crippen LogP contribution in [0.5, 0.6) is 0 Å². The molecule has 1 aliphatic heterocycles. The summed E-state index contributed by atoms with van der Waals surface area (Å²) in [6.45, 7) is 4.42. The fraction of sp³-hybridized carbons (Fsp3) is 0.706. The van der Waals surface area contributed by atoms with Gasteiger partial charge in [-0.05, 0) is 37.8 Å². The molecule has 1 spiro atoms. The van der Waals surface area contributed by atoms with Crippen LogP contribution in [0.1, 0.15) is 36.0 Å². The van der Waals surface area contributed by atoms with Gasteiger partial charge in [-0.1, -0.05) is 5.16 Å². The molecule has 1 aliphatic carbocycles. The highest BCUT2D eigenvalue weighted by atomic mass is 32.1. The van der Waals surface area contributed by atoms with Gasteiger partial charge in [0, 0.05) is 31.1 Å². The molecule has 2 fully saturated rings. The first kappa shape index (κ1) is 17.1. The van der Waals surface area contributed by atoms with Gasteiger partial charge in [-0.2, -0.15) is 4.98 Å². The van der Waals surface area contributed by atoms with Crippen LogP contribution in [0.4, 0.5) is 0 Å². The Morgan fingerprint density at radius 2 is 2.28 bits per heavy atom. The van der Waals surface area contributed by atoms with Crippen molar-refractivity contribution in [2.75, 3.05) is 26.8 Å². The summed E-state index contributed by atoms with van der Waals surface area (Å²) in [5.74, 6) is 1.41. The maximum absolute atomic E-state index is 5.48. The predicted molar refractivity (Wildman–Crippen MR) is 94.2 cm³/mol. The Hall–Kier alpha value is -1.35. The third-order valence-electron chi connectivity index (χ3n) is 5.39. The first-order chi connectivity index (χ1) is 12.3. The summed E-state index contributed by atoms with van der Waals surface area (Å²) in [4.78, 5) is 11.5. The summed E-state index contributed by atoms with van der Waals surface area (Å²) in [7, 11) is 1.68. The van der Waals surface area contributed by atoms with Crippen molar-refractivity contribution in [1.82, 2.24) is 25.3 Å². The molecule has 0 amide bonds. The Labute approximate surface area is 151 Å². The van der Waals surface area contributed by atoms with Gasteiger partial charge in [-0.15, -0.1) is 11.3 Å². The molecule has 2 aromatic heterocycles. The van der Waals surface area contributed by atoms with Crippen LogP contribution < -0.4 is 5.32 Å². The van der Waals surface area contributed by atoms with E-state index in [1.54, 1.807) is 18.4 Å². The van der Waals surface area contributed by atoms with Crippen molar-refractivity contribution >= 4 is 11.3 Å². The summed E-state index contributed by atoms with van der Waals surface area (Å²) in [6, 6.07) is 0.591. The number of hydrogen-bond donors (Lipinski definition) is 1. The molecule has 136 valence electrons. The van der Waals surface area contributed by atoms with Crippen molar-refractivity contribution < 1.29 is 9.26 Å². The standard InChI is InChI=1S/C17H25N5O2S/c1-23-8-2-14-20-15(24-21-14)11-22(12-16-19-7-9-25-16)13-10-17(13)3-5-18-6-4-17/h7,9,13,18H,2-6,8,10-12H2,1H3. The summed E-state index contributed by atoms with van der Waals surface area (Å²) in [5.41, 5.74) is 0.474. The molecule has 0 aromatic carbocycles. The zero-order valence-corrected chi connectivity index (χ0v) is 15.4. The van der Waals surface area contributed by atoms with Crippen LogP contribution in [0.15, 0.2) is 16.1 Å². The Kier molecular flexibility index (Phi) is 5.12. The van der Waals surface area contributed by atoms with Crippen LogP contribution in [0.25, 0.3) is 0 Å². The van der Waals surface area contributed by atoms with E-state index in [9.17, 15) is 0 Å². The average molecular weight is 363 g/mol. The van der Waals surface area contributed by atoms with Gasteiger partial charge in [-0.25, -0.2) is 4.98 Å². The molecule has 1 saturated carbocycles. The zero-order valence-electron chi connectivity index (χ0n) is 14.6. The van der Waals surface area contributed by atoms with Gasteiger partial charge in [0.15, 0.2) is 5.82 Å². The summed E-state index contributed by atoms with van der Waals surface area (Å²) in [6.07, 6.45) is 6.35.